The fourth-order valence-electron chi connectivity index (χ4n) is 2.25. The maximum absolute atomic E-state index is 12.1. The number of hydrogen-bond acceptors (Lipinski definition) is 4. The van der Waals surface area contributed by atoms with Gasteiger partial charge in [0.05, 0.1) is 12.1 Å². The van der Waals surface area contributed by atoms with Crippen molar-refractivity contribution in [2.45, 2.75) is 32.8 Å². The number of benzene rings is 1. The number of carbonyl (C=O) groups excluding carboxylic acids is 2. The summed E-state index contributed by atoms with van der Waals surface area (Å²) in [6.45, 7) is 4.04. The summed E-state index contributed by atoms with van der Waals surface area (Å²) in [6, 6.07) is 5.00. The first-order chi connectivity index (χ1) is 10.4. The summed E-state index contributed by atoms with van der Waals surface area (Å²) >= 11 is 0. The van der Waals surface area contributed by atoms with Gasteiger partial charge in [0.2, 0.25) is 5.91 Å². The van der Waals surface area contributed by atoms with Gasteiger partial charge in [-0.25, -0.2) is 0 Å². The van der Waals surface area contributed by atoms with Crippen molar-refractivity contribution in [1.29, 1.82) is 0 Å². The standard InChI is InChI=1S/C15H18N2O5/c1-3-17-11-8-10(16-13(18)6-7-14(19)20)4-5-12(11)22-9(2)15(17)21/h4-5,8-9H,3,6-7H2,1-2H3,(H,16,18)(H,19,20). The smallest absolute Gasteiger partial charge is 0.303 e. The van der Waals surface area contributed by atoms with Crippen molar-refractivity contribution in [3.05, 3.63) is 18.2 Å². The van der Waals surface area contributed by atoms with Crippen LogP contribution < -0.4 is 15.0 Å². The van der Waals surface area contributed by atoms with Gasteiger partial charge in [0.1, 0.15) is 5.75 Å². The van der Waals surface area contributed by atoms with Crippen LogP contribution in [0.5, 0.6) is 5.75 Å². The van der Waals surface area contributed by atoms with Gasteiger partial charge in [-0.3, -0.25) is 14.4 Å². The maximum Gasteiger partial charge on any atom is 0.303 e. The van der Waals surface area contributed by atoms with Crippen molar-refractivity contribution in [2.24, 2.45) is 0 Å². The Balaban J connectivity index is 2.17. The molecule has 1 aromatic rings. The Bertz CT molecular complexity index is 614. The third kappa shape index (κ3) is 3.36. The Labute approximate surface area is 127 Å². The minimum atomic E-state index is -1.02. The van der Waals surface area contributed by atoms with E-state index < -0.39 is 12.1 Å². The molecule has 7 nitrogen and oxygen atoms in total. The lowest BCUT2D eigenvalue weighted by atomic mass is 10.1. The van der Waals surface area contributed by atoms with E-state index in [0.717, 1.165) is 0 Å². The highest BCUT2D eigenvalue weighted by atomic mass is 16.5. The van der Waals surface area contributed by atoms with Gasteiger partial charge in [-0.1, -0.05) is 0 Å². The Hall–Kier alpha value is -2.57. The predicted octanol–water partition coefficient (Wildman–Crippen LogP) is 1.62. The molecular weight excluding hydrogens is 288 g/mol. The van der Waals surface area contributed by atoms with Crippen LogP contribution >= 0.6 is 0 Å². The van der Waals surface area contributed by atoms with Crippen molar-refractivity contribution in [1.82, 2.24) is 0 Å². The lowest BCUT2D eigenvalue weighted by molar-refractivity contribution is -0.138. The second-order valence-corrected chi connectivity index (χ2v) is 4.97. The predicted molar refractivity (Wildman–Crippen MR) is 80.1 cm³/mol. The Kier molecular flexibility index (Phi) is 4.65. The molecule has 1 atom stereocenters. The second kappa shape index (κ2) is 6.46. The fraction of sp³-hybridized carbons (Fsp3) is 0.400. The molecule has 22 heavy (non-hydrogen) atoms. The van der Waals surface area contributed by atoms with Crippen LogP contribution in [-0.4, -0.2) is 35.5 Å². The molecule has 0 aromatic heterocycles. The van der Waals surface area contributed by atoms with E-state index in [2.05, 4.69) is 5.32 Å². The summed E-state index contributed by atoms with van der Waals surface area (Å²) in [7, 11) is 0. The molecule has 1 aliphatic heterocycles. The maximum atomic E-state index is 12.1. The van der Waals surface area contributed by atoms with Crippen LogP contribution in [0.15, 0.2) is 18.2 Å². The molecule has 2 amide bonds. The van der Waals surface area contributed by atoms with E-state index in [0.29, 0.717) is 23.7 Å². The van der Waals surface area contributed by atoms with Crippen molar-refractivity contribution in [3.63, 3.8) is 0 Å². The zero-order chi connectivity index (χ0) is 16.3. The summed E-state index contributed by atoms with van der Waals surface area (Å²) in [5.74, 6) is -0.964. The number of nitrogens with one attached hydrogen (secondary N) is 1. The number of nitrogens with zero attached hydrogens (tertiary/aromatic N) is 1. The monoisotopic (exact) mass is 306 g/mol. The number of fused-ring (bicyclic) bond motifs is 1. The Morgan fingerprint density at radius 2 is 2.09 bits per heavy atom. The zero-order valence-electron chi connectivity index (χ0n) is 12.5. The second-order valence-electron chi connectivity index (χ2n) is 4.97. The van der Waals surface area contributed by atoms with Gasteiger partial charge in [-0.05, 0) is 32.0 Å². The molecule has 0 radical (unpaired) electrons. The first-order valence-corrected chi connectivity index (χ1v) is 7.06. The van der Waals surface area contributed by atoms with Gasteiger partial charge in [0.25, 0.3) is 5.91 Å². The molecule has 0 fully saturated rings. The topological polar surface area (TPSA) is 95.9 Å². The number of hydrogen-bond donors (Lipinski definition) is 2. The highest BCUT2D eigenvalue weighted by molar-refractivity contribution is 6.01. The highest BCUT2D eigenvalue weighted by Gasteiger charge is 2.30. The average Bonchev–Trinajstić information content (AvgIpc) is 2.47. The summed E-state index contributed by atoms with van der Waals surface area (Å²) in [6.07, 6.45) is -0.865. The number of anilines is 2. The first-order valence-electron chi connectivity index (χ1n) is 7.06. The number of rotatable bonds is 5. The molecule has 2 N–H and O–H groups in total. The van der Waals surface area contributed by atoms with Crippen LogP contribution in [0.25, 0.3) is 0 Å². The van der Waals surface area contributed by atoms with E-state index in [-0.39, 0.29) is 24.7 Å². The Morgan fingerprint density at radius 3 is 2.73 bits per heavy atom. The summed E-state index contributed by atoms with van der Waals surface area (Å²) < 4.78 is 5.53. The van der Waals surface area contributed by atoms with Gasteiger partial charge in [-0.2, -0.15) is 0 Å². The molecule has 1 heterocycles. The highest BCUT2D eigenvalue weighted by Crippen LogP contribution is 2.36. The fourth-order valence-corrected chi connectivity index (χ4v) is 2.25. The molecule has 1 aliphatic rings. The molecule has 1 unspecified atom stereocenters. The van der Waals surface area contributed by atoms with Crippen molar-refractivity contribution in [2.75, 3.05) is 16.8 Å². The van der Waals surface area contributed by atoms with Crippen molar-refractivity contribution < 1.29 is 24.2 Å². The molecule has 118 valence electrons. The molecule has 0 saturated heterocycles. The zero-order valence-corrected chi connectivity index (χ0v) is 12.5. The van der Waals surface area contributed by atoms with Crippen molar-refractivity contribution >= 4 is 29.2 Å². The minimum Gasteiger partial charge on any atom is -0.481 e. The lowest BCUT2D eigenvalue weighted by Crippen LogP contribution is -2.44. The van der Waals surface area contributed by atoms with Crippen molar-refractivity contribution in [3.8, 4) is 5.75 Å². The van der Waals surface area contributed by atoms with E-state index in [4.69, 9.17) is 9.84 Å². The Morgan fingerprint density at radius 1 is 1.36 bits per heavy atom. The van der Waals surface area contributed by atoms with E-state index in [1.165, 1.54) is 0 Å². The number of carboxylic acid groups (broad SMARTS) is 1. The molecule has 7 heteroatoms. The number of carbonyl (C=O) groups is 3. The van der Waals surface area contributed by atoms with Crippen LogP contribution in [0.1, 0.15) is 26.7 Å². The molecule has 0 saturated carbocycles. The first kappa shape index (κ1) is 15.8. The van der Waals surface area contributed by atoms with Gasteiger partial charge in [0.15, 0.2) is 6.10 Å². The van der Waals surface area contributed by atoms with Gasteiger partial charge >= 0.3 is 5.97 Å². The minimum absolute atomic E-state index is 0.101. The number of amides is 2. The largest absolute Gasteiger partial charge is 0.481 e. The molecule has 2 rings (SSSR count). The number of likely N-dealkylation sites (N-methyl/N-ethyl adjacent to an activating group) is 1. The molecule has 0 bridgehead atoms. The number of carboxylic acids is 1. The van der Waals surface area contributed by atoms with Gasteiger partial charge < -0.3 is 20.1 Å². The third-order valence-corrected chi connectivity index (χ3v) is 3.33. The van der Waals surface area contributed by atoms with E-state index in [1.807, 2.05) is 6.92 Å². The summed E-state index contributed by atoms with van der Waals surface area (Å²) in [5, 5.41) is 11.2. The van der Waals surface area contributed by atoms with Crippen LogP contribution in [-0.2, 0) is 14.4 Å². The van der Waals surface area contributed by atoms with Crippen LogP contribution in [0, 0.1) is 0 Å². The third-order valence-electron chi connectivity index (χ3n) is 3.33. The number of ether oxygens (including phenoxy) is 1. The van der Waals surface area contributed by atoms with E-state index in [1.54, 1.807) is 30.0 Å². The lowest BCUT2D eigenvalue weighted by Gasteiger charge is -2.32. The van der Waals surface area contributed by atoms with Gasteiger partial charge in [0, 0.05) is 18.7 Å². The molecule has 1 aromatic carbocycles. The van der Waals surface area contributed by atoms with Crippen LogP contribution in [0.4, 0.5) is 11.4 Å². The molecular formula is C15H18N2O5. The average molecular weight is 306 g/mol. The van der Waals surface area contributed by atoms with Crippen LogP contribution in [0.2, 0.25) is 0 Å². The summed E-state index contributed by atoms with van der Waals surface area (Å²) in [4.78, 5) is 35.8. The number of aliphatic carboxylic acids is 1. The normalized spacial score (nSPS) is 16.7. The van der Waals surface area contributed by atoms with E-state index >= 15 is 0 Å². The van der Waals surface area contributed by atoms with Gasteiger partial charge in [-0.15, -0.1) is 0 Å². The summed E-state index contributed by atoms with van der Waals surface area (Å²) in [5.41, 5.74) is 1.10. The van der Waals surface area contributed by atoms with Crippen LogP contribution in [0.3, 0.4) is 0 Å². The SMILES string of the molecule is CCN1C(=O)C(C)Oc2ccc(NC(=O)CCC(=O)O)cc21. The molecule has 0 aliphatic carbocycles. The quantitative estimate of drug-likeness (QED) is 0.862. The van der Waals surface area contributed by atoms with E-state index in [9.17, 15) is 14.4 Å². The molecule has 0 spiro atoms.